The topological polar surface area (TPSA) is 73.4 Å². The fourth-order valence-corrected chi connectivity index (χ4v) is 6.89. The zero-order valence-corrected chi connectivity index (χ0v) is 23.6. The van der Waals surface area contributed by atoms with Crippen LogP contribution in [0, 0.1) is 0 Å². The van der Waals surface area contributed by atoms with Crippen LogP contribution in [0.15, 0.2) is 18.2 Å². The van der Waals surface area contributed by atoms with E-state index in [0.29, 0.717) is 38.6 Å². The summed E-state index contributed by atoms with van der Waals surface area (Å²) in [5, 5.41) is 0. The van der Waals surface area contributed by atoms with Crippen molar-refractivity contribution in [2.75, 3.05) is 72.8 Å². The maximum atomic E-state index is 12.8. The van der Waals surface area contributed by atoms with Gasteiger partial charge in [0.05, 0.1) is 19.4 Å². The second kappa shape index (κ2) is 13.7. The summed E-state index contributed by atoms with van der Waals surface area (Å²) in [6.07, 6.45) is 7.16. The summed E-state index contributed by atoms with van der Waals surface area (Å²) in [7, 11) is 2.03. The number of rotatable bonds is 13. The Hall–Kier alpha value is -1.68. The molecule has 1 aliphatic heterocycles. The molecule has 8 nitrogen and oxygen atoms in total. The molecule has 1 aliphatic carbocycles. The van der Waals surface area contributed by atoms with Crippen LogP contribution in [-0.4, -0.2) is 112 Å². The average molecular weight is 523 g/mol. The molecule has 1 unspecified atom stereocenters. The van der Waals surface area contributed by atoms with Crippen LogP contribution >= 0.6 is 0 Å². The smallest absolute Gasteiger partial charge is 0.237 e. The molecule has 0 bridgehead atoms. The van der Waals surface area contributed by atoms with Crippen LogP contribution in [0.3, 0.4) is 0 Å². The number of hydrogen-bond donors (Lipinski definition) is 0. The second-order valence-electron chi connectivity index (χ2n) is 10.5. The van der Waals surface area contributed by atoms with E-state index in [-0.39, 0.29) is 18.2 Å². The molecule has 3 rings (SSSR count). The zero-order chi connectivity index (χ0) is 26.1. The summed E-state index contributed by atoms with van der Waals surface area (Å²) in [6, 6.07) is 7.03. The van der Waals surface area contributed by atoms with Gasteiger partial charge >= 0.3 is 0 Å². The number of methoxy groups -OCH3 is 1. The Labute approximate surface area is 218 Å². The van der Waals surface area contributed by atoms with Gasteiger partial charge in [-0.25, -0.2) is 8.42 Å². The minimum Gasteiger partial charge on any atom is -0.497 e. The van der Waals surface area contributed by atoms with E-state index in [1.54, 1.807) is 7.11 Å². The maximum absolute atomic E-state index is 12.8. The van der Waals surface area contributed by atoms with Crippen molar-refractivity contribution in [3.05, 3.63) is 29.3 Å². The van der Waals surface area contributed by atoms with Crippen molar-refractivity contribution in [3.63, 3.8) is 0 Å². The van der Waals surface area contributed by atoms with Crippen LogP contribution in [-0.2, 0) is 27.7 Å². The van der Waals surface area contributed by atoms with Crippen molar-refractivity contribution >= 4 is 15.9 Å². The molecule has 36 heavy (non-hydrogen) atoms. The van der Waals surface area contributed by atoms with Crippen molar-refractivity contribution in [3.8, 4) is 5.75 Å². The SMILES string of the molecule is CCCN(CCCCN1CCCN(S(=O)(=O)CCN(C)C)CC1=O)C1CCc2cc(OC)ccc2C1. The van der Waals surface area contributed by atoms with Crippen molar-refractivity contribution in [2.45, 2.75) is 57.9 Å². The van der Waals surface area contributed by atoms with Crippen LogP contribution in [0.5, 0.6) is 5.75 Å². The first-order valence-electron chi connectivity index (χ1n) is 13.5. The Morgan fingerprint density at radius 1 is 1.08 bits per heavy atom. The first kappa shape index (κ1) is 28.9. The molecule has 0 radical (unpaired) electrons. The van der Waals surface area contributed by atoms with Crippen LogP contribution < -0.4 is 4.74 Å². The molecule has 1 aromatic rings. The highest BCUT2D eigenvalue weighted by Crippen LogP contribution is 2.28. The standard InChI is InChI=1S/C27H46N4O4S/c1-5-13-29(25-11-9-24-21-26(35-4)12-10-23(24)20-25)14-6-7-15-30-16-8-17-31(22-27(30)32)36(33,34)19-18-28(2)3/h10,12,21,25H,5-9,11,13-20,22H2,1-4H3. The number of ether oxygens (including phenoxy) is 1. The van der Waals surface area contributed by atoms with Gasteiger partial charge in [-0.15, -0.1) is 0 Å². The first-order chi connectivity index (χ1) is 17.2. The Balaban J connectivity index is 1.47. The monoisotopic (exact) mass is 522 g/mol. The minimum atomic E-state index is -3.41. The molecule has 204 valence electrons. The van der Waals surface area contributed by atoms with E-state index in [0.717, 1.165) is 50.9 Å². The molecule has 9 heteroatoms. The molecule has 1 atom stereocenters. The second-order valence-corrected chi connectivity index (χ2v) is 12.5. The summed E-state index contributed by atoms with van der Waals surface area (Å²) in [5.41, 5.74) is 2.85. The Kier molecular flexibility index (Phi) is 11.0. The van der Waals surface area contributed by atoms with E-state index in [1.807, 2.05) is 23.9 Å². The van der Waals surface area contributed by atoms with Gasteiger partial charge < -0.3 is 19.4 Å². The summed E-state index contributed by atoms with van der Waals surface area (Å²) < 4.78 is 32.1. The van der Waals surface area contributed by atoms with Crippen molar-refractivity contribution in [1.82, 2.24) is 19.0 Å². The number of unbranched alkanes of at least 4 members (excludes halogenated alkanes) is 1. The summed E-state index contributed by atoms with van der Waals surface area (Å²) >= 11 is 0. The lowest BCUT2D eigenvalue weighted by Crippen LogP contribution is -2.42. The van der Waals surface area contributed by atoms with Crippen LogP contribution in [0.2, 0.25) is 0 Å². The lowest BCUT2D eigenvalue weighted by Gasteiger charge is -2.35. The maximum Gasteiger partial charge on any atom is 0.237 e. The molecule has 1 fully saturated rings. The van der Waals surface area contributed by atoms with Gasteiger partial charge in [-0.3, -0.25) is 4.79 Å². The fraction of sp³-hybridized carbons (Fsp3) is 0.741. The highest BCUT2D eigenvalue weighted by Gasteiger charge is 2.29. The van der Waals surface area contributed by atoms with E-state index in [1.165, 1.54) is 21.9 Å². The van der Waals surface area contributed by atoms with Crippen molar-refractivity contribution < 1.29 is 17.9 Å². The van der Waals surface area contributed by atoms with E-state index in [2.05, 4.69) is 30.0 Å². The van der Waals surface area contributed by atoms with Gasteiger partial charge in [0, 0.05) is 32.2 Å². The third-order valence-electron chi connectivity index (χ3n) is 7.46. The molecule has 1 amide bonds. The van der Waals surface area contributed by atoms with Gasteiger partial charge in [0.2, 0.25) is 15.9 Å². The number of carbonyl (C=O) groups excluding carboxylic acids is 1. The molecule has 1 heterocycles. The number of amides is 1. The van der Waals surface area contributed by atoms with E-state index < -0.39 is 10.0 Å². The highest BCUT2D eigenvalue weighted by molar-refractivity contribution is 7.89. The molecule has 0 spiro atoms. The van der Waals surface area contributed by atoms with Gasteiger partial charge in [0.25, 0.3) is 0 Å². The number of sulfonamides is 1. The van der Waals surface area contributed by atoms with Gasteiger partial charge in [-0.05, 0) is 95.4 Å². The molecule has 1 saturated heterocycles. The normalized spacial score (nSPS) is 19.6. The van der Waals surface area contributed by atoms with Gasteiger partial charge in [0.15, 0.2) is 0 Å². The number of hydrogen-bond acceptors (Lipinski definition) is 6. The lowest BCUT2D eigenvalue weighted by atomic mass is 9.87. The lowest BCUT2D eigenvalue weighted by molar-refractivity contribution is -0.130. The predicted molar refractivity (Wildman–Crippen MR) is 145 cm³/mol. The number of benzene rings is 1. The minimum absolute atomic E-state index is 0.0238. The summed E-state index contributed by atoms with van der Waals surface area (Å²) in [5.74, 6) is 0.931. The predicted octanol–water partition coefficient (Wildman–Crippen LogP) is 2.47. The quantitative estimate of drug-likeness (QED) is 0.371. The molecule has 0 aromatic heterocycles. The summed E-state index contributed by atoms with van der Waals surface area (Å²) in [4.78, 5) is 19.2. The van der Waals surface area contributed by atoms with E-state index >= 15 is 0 Å². The highest BCUT2D eigenvalue weighted by atomic mass is 32.2. The molecule has 1 aromatic carbocycles. The fourth-order valence-electron chi connectivity index (χ4n) is 5.33. The number of nitrogens with zero attached hydrogens (tertiary/aromatic N) is 4. The zero-order valence-electron chi connectivity index (χ0n) is 22.7. The van der Waals surface area contributed by atoms with E-state index in [9.17, 15) is 13.2 Å². The molecular formula is C27H46N4O4S. The number of carbonyl (C=O) groups is 1. The van der Waals surface area contributed by atoms with Crippen LogP contribution in [0.1, 0.15) is 50.2 Å². The number of aryl methyl sites for hydroxylation is 1. The van der Waals surface area contributed by atoms with E-state index in [4.69, 9.17) is 4.74 Å². The largest absolute Gasteiger partial charge is 0.497 e. The Morgan fingerprint density at radius 2 is 1.89 bits per heavy atom. The third kappa shape index (κ3) is 8.16. The Bertz CT molecular complexity index is 953. The van der Waals surface area contributed by atoms with Crippen LogP contribution in [0.25, 0.3) is 0 Å². The molecule has 0 saturated carbocycles. The van der Waals surface area contributed by atoms with Crippen molar-refractivity contribution in [2.24, 2.45) is 0 Å². The molecule has 2 aliphatic rings. The van der Waals surface area contributed by atoms with Gasteiger partial charge in [-0.1, -0.05) is 13.0 Å². The molecular weight excluding hydrogens is 476 g/mol. The van der Waals surface area contributed by atoms with Crippen LogP contribution in [0.4, 0.5) is 0 Å². The third-order valence-corrected chi connectivity index (χ3v) is 9.25. The average Bonchev–Trinajstić information content (AvgIpc) is 3.05. The number of fused-ring (bicyclic) bond motifs is 1. The van der Waals surface area contributed by atoms with Crippen molar-refractivity contribution in [1.29, 1.82) is 0 Å². The first-order valence-corrected chi connectivity index (χ1v) is 15.1. The van der Waals surface area contributed by atoms with Gasteiger partial charge in [-0.2, -0.15) is 4.31 Å². The molecule has 0 N–H and O–H groups in total. The Morgan fingerprint density at radius 3 is 2.61 bits per heavy atom. The summed E-state index contributed by atoms with van der Waals surface area (Å²) in [6.45, 7) is 6.59. The van der Waals surface area contributed by atoms with Gasteiger partial charge in [0.1, 0.15) is 5.75 Å².